The number of halogens is 1. The van der Waals surface area contributed by atoms with E-state index in [0.717, 1.165) is 28.1 Å². The first-order chi connectivity index (χ1) is 7.71. The molecule has 0 fully saturated rings. The summed E-state index contributed by atoms with van der Waals surface area (Å²) in [4.78, 5) is 11.1. The highest BCUT2D eigenvalue weighted by molar-refractivity contribution is 14.1. The van der Waals surface area contributed by atoms with E-state index in [4.69, 9.17) is 5.73 Å². The lowest BCUT2D eigenvalue weighted by molar-refractivity contribution is 0.408. The number of nitrogens with two attached hydrogens (primary N) is 1. The zero-order valence-corrected chi connectivity index (χ0v) is 13.4. The Kier molecular flexibility index (Phi) is 4.71. The Bertz CT molecular complexity index is 396. The van der Waals surface area contributed by atoms with Gasteiger partial charge in [-0.05, 0) is 36.7 Å². The quantitative estimate of drug-likeness (QED) is 0.850. The fraction of sp³-hybridized carbons (Fsp3) is 0.667. The van der Waals surface area contributed by atoms with Gasteiger partial charge in [0.1, 0.15) is 11.6 Å². The third-order valence-electron chi connectivity index (χ3n) is 2.42. The number of hydrogen-bond acceptors (Lipinski definition) is 4. The van der Waals surface area contributed by atoms with Gasteiger partial charge in [-0.25, -0.2) is 9.97 Å². The largest absolute Gasteiger partial charge is 0.383 e. The van der Waals surface area contributed by atoms with Crippen molar-refractivity contribution < 1.29 is 0 Å². The van der Waals surface area contributed by atoms with Crippen molar-refractivity contribution in [1.29, 1.82) is 0 Å². The topological polar surface area (TPSA) is 55.0 Å². The Hall–Kier alpha value is -0.430. The molecule has 17 heavy (non-hydrogen) atoms. The summed E-state index contributed by atoms with van der Waals surface area (Å²) < 4.78 is 0.976. The molecular weight excluding hydrogens is 327 g/mol. The molecule has 1 heterocycles. The van der Waals surface area contributed by atoms with E-state index in [1.807, 2.05) is 14.1 Å². The van der Waals surface area contributed by atoms with Crippen LogP contribution in [0.4, 0.5) is 5.82 Å². The summed E-state index contributed by atoms with van der Waals surface area (Å²) in [5.41, 5.74) is 6.99. The first kappa shape index (κ1) is 14.6. The van der Waals surface area contributed by atoms with Crippen LogP contribution in [0, 0.1) is 3.57 Å². The fourth-order valence-corrected chi connectivity index (χ4v) is 2.50. The van der Waals surface area contributed by atoms with Gasteiger partial charge in [-0.15, -0.1) is 0 Å². The van der Waals surface area contributed by atoms with Gasteiger partial charge in [-0.2, -0.15) is 0 Å². The highest BCUT2D eigenvalue weighted by atomic mass is 127. The second-order valence-electron chi connectivity index (χ2n) is 5.49. The molecule has 0 unspecified atom stereocenters. The Labute approximate surface area is 117 Å². The van der Waals surface area contributed by atoms with Gasteiger partial charge in [0, 0.05) is 18.4 Å². The molecule has 5 heteroatoms. The number of nitrogen functional groups attached to an aromatic ring is 1. The molecule has 0 aliphatic rings. The van der Waals surface area contributed by atoms with Crippen LogP contribution in [-0.2, 0) is 11.8 Å². The molecular formula is C12H21IN4. The molecule has 1 aromatic rings. The number of nitrogens with zero attached hydrogens (tertiary/aromatic N) is 3. The van der Waals surface area contributed by atoms with E-state index < -0.39 is 0 Å². The lowest BCUT2D eigenvalue weighted by Crippen LogP contribution is -2.21. The van der Waals surface area contributed by atoms with Gasteiger partial charge >= 0.3 is 0 Å². The van der Waals surface area contributed by atoms with Crippen LogP contribution in [0.1, 0.15) is 32.3 Å². The Morgan fingerprint density at radius 3 is 2.29 bits per heavy atom. The predicted molar refractivity (Wildman–Crippen MR) is 80.1 cm³/mol. The average molecular weight is 348 g/mol. The summed E-state index contributed by atoms with van der Waals surface area (Å²) in [6, 6.07) is 0. The van der Waals surface area contributed by atoms with Gasteiger partial charge < -0.3 is 10.6 Å². The van der Waals surface area contributed by atoms with Crippen LogP contribution >= 0.6 is 22.6 Å². The third-order valence-corrected chi connectivity index (χ3v) is 3.48. The second kappa shape index (κ2) is 5.48. The molecule has 0 bridgehead atoms. The van der Waals surface area contributed by atoms with E-state index >= 15 is 0 Å². The maximum atomic E-state index is 5.95. The number of likely N-dealkylation sites (N-methyl/N-ethyl adjacent to an activating group) is 1. The zero-order valence-electron chi connectivity index (χ0n) is 11.2. The minimum atomic E-state index is 0.000446. The van der Waals surface area contributed by atoms with Gasteiger partial charge in [-0.1, -0.05) is 20.8 Å². The van der Waals surface area contributed by atoms with Crippen LogP contribution in [0.2, 0.25) is 0 Å². The maximum Gasteiger partial charge on any atom is 0.140 e. The summed E-state index contributed by atoms with van der Waals surface area (Å²) >= 11 is 2.23. The zero-order chi connectivity index (χ0) is 13.2. The molecule has 0 amide bonds. The van der Waals surface area contributed by atoms with Crippen LogP contribution in [-0.4, -0.2) is 35.5 Å². The SMILES string of the molecule is CN(C)CCc1nc(N)c(I)c(C(C)(C)C)n1. The molecule has 0 aliphatic heterocycles. The summed E-state index contributed by atoms with van der Waals surface area (Å²) in [5.74, 6) is 1.43. The lowest BCUT2D eigenvalue weighted by Gasteiger charge is -2.21. The summed E-state index contributed by atoms with van der Waals surface area (Å²) in [7, 11) is 4.08. The van der Waals surface area contributed by atoms with E-state index in [9.17, 15) is 0 Å². The molecule has 0 aliphatic carbocycles. The van der Waals surface area contributed by atoms with Gasteiger partial charge in [0.25, 0.3) is 0 Å². The minimum Gasteiger partial charge on any atom is -0.383 e. The van der Waals surface area contributed by atoms with Crippen LogP contribution in [0.5, 0.6) is 0 Å². The number of aromatic nitrogens is 2. The van der Waals surface area contributed by atoms with Crippen molar-refractivity contribution in [1.82, 2.24) is 14.9 Å². The smallest absolute Gasteiger partial charge is 0.140 e. The number of rotatable bonds is 3. The molecule has 4 nitrogen and oxygen atoms in total. The van der Waals surface area contributed by atoms with Crippen molar-refractivity contribution in [2.75, 3.05) is 26.4 Å². The van der Waals surface area contributed by atoms with Crippen molar-refractivity contribution in [3.8, 4) is 0 Å². The molecule has 1 rings (SSSR count). The predicted octanol–water partition coefficient (Wildman–Crippen LogP) is 2.06. The molecule has 0 saturated heterocycles. The average Bonchev–Trinajstić information content (AvgIpc) is 2.17. The Morgan fingerprint density at radius 2 is 1.82 bits per heavy atom. The van der Waals surface area contributed by atoms with E-state index in [1.165, 1.54) is 0 Å². The first-order valence-corrected chi connectivity index (χ1v) is 6.77. The molecule has 2 N–H and O–H groups in total. The Morgan fingerprint density at radius 1 is 1.24 bits per heavy atom. The first-order valence-electron chi connectivity index (χ1n) is 5.69. The van der Waals surface area contributed by atoms with Crippen molar-refractivity contribution in [2.45, 2.75) is 32.6 Å². The standard InChI is InChI=1S/C12H21IN4/c1-12(2,3)10-9(13)11(14)16-8(15-10)6-7-17(4)5/h6-7H2,1-5H3,(H2,14,15,16). The van der Waals surface area contributed by atoms with E-state index in [1.54, 1.807) is 0 Å². The molecule has 0 aromatic carbocycles. The number of hydrogen-bond donors (Lipinski definition) is 1. The van der Waals surface area contributed by atoms with E-state index in [0.29, 0.717) is 5.82 Å². The normalized spacial score (nSPS) is 12.2. The summed E-state index contributed by atoms with van der Waals surface area (Å²) in [6.07, 6.45) is 0.831. The molecule has 0 spiro atoms. The van der Waals surface area contributed by atoms with Crippen molar-refractivity contribution >= 4 is 28.4 Å². The van der Waals surface area contributed by atoms with Crippen LogP contribution in [0.3, 0.4) is 0 Å². The van der Waals surface area contributed by atoms with E-state index in [2.05, 4.69) is 58.2 Å². The monoisotopic (exact) mass is 348 g/mol. The highest BCUT2D eigenvalue weighted by Gasteiger charge is 2.22. The van der Waals surface area contributed by atoms with Gasteiger partial charge in [0.15, 0.2) is 0 Å². The van der Waals surface area contributed by atoms with Crippen molar-refractivity contribution in [3.05, 3.63) is 15.1 Å². The van der Waals surface area contributed by atoms with Gasteiger partial charge in [0.2, 0.25) is 0 Å². The summed E-state index contributed by atoms with van der Waals surface area (Å²) in [5, 5.41) is 0. The highest BCUT2D eigenvalue weighted by Crippen LogP contribution is 2.27. The van der Waals surface area contributed by atoms with Crippen LogP contribution < -0.4 is 5.73 Å². The Balaban J connectivity index is 3.07. The van der Waals surface area contributed by atoms with Gasteiger partial charge in [-0.3, -0.25) is 0 Å². The molecule has 0 radical (unpaired) electrons. The van der Waals surface area contributed by atoms with Crippen molar-refractivity contribution in [3.63, 3.8) is 0 Å². The van der Waals surface area contributed by atoms with E-state index in [-0.39, 0.29) is 5.41 Å². The fourth-order valence-electron chi connectivity index (χ4n) is 1.44. The molecule has 96 valence electrons. The van der Waals surface area contributed by atoms with Crippen LogP contribution in [0.15, 0.2) is 0 Å². The van der Waals surface area contributed by atoms with Gasteiger partial charge in [0.05, 0.1) is 9.26 Å². The minimum absolute atomic E-state index is 0.000446. The number of anilines is 1. The second-order valence-corrected chi connectivity index (χ2v) is 6.57. The molecule has 1 aromatic heterocycles. The maximum absolute atomic E-state index is 5.95. The lowest BCUT2D eigenvalue weighted by atomic mass is 9.92. The third kappa shape index (κ3) is 4.06. The molecule has 0 saturated carbocycles. The summed E-state index contributed by atoms with van der Waals surface area (Å²) in [6.45, 7) is 7.37. The van der Waals surface area contributed by atoms with Crippen LogP contribution in [0.25, 0.3) is 0 Å². The van der Waals surface area contributed by atoms with Crippen molar-refractivity contribution in [2.24, 2.45) is 0 Å². The molecule has 0 atom stereocenters.